The van der Waals surface area contributed by atoms with E-state index in [9.17, 15) is 22.8 Å². The molecule has 1 aliphatic rings. The van der Waals surface area contributed by atoms with Crippen molar-refractivity contribution in [3.63, 3.8) is 0 Å². The van der Waals surface area contributed by atoms with Crippen LogP contribution < -0.4 is 5.32 Å². The smallest absolute Gasteiger partial charge is 0.288 e. The molecule has 36 heavy (non-hydrogen) atoms. The Kier molecular flexibility index (Phi) is 7.46. The Labute approximate surface area is 213 Å². The van der Waals surface area contributed by atoms with Gasteiger partial charge in [0.2, 0.25) is 15.2 Å². The molecule has 11 heteroatoms. The highest BCUT2D eigenvalue weighted by molar-refractivity contribution is 7.92. The van der Waals surface area contributed by atoms with Crippen LogP contribution in [-0.4, -0.2) is 67.5 Å². The third-order valence-corrected chi connectivity index (χ3v) is 7.98. The summed E-state index contributed by atoms with van der Waals surface area (Å²) < 4.78 is 31.9. The van der Waals surface area contributed by atoms with Crippen LogP contribution in [0.5, 0.6) is 0 Å². The van der Waals surface area contributed by atoms with Gasteiger partial charge in [0, 0.05) is 36.8 Å². The number of piperazine rings is 1. The van der Waals surface area contributed by atoms with Gasteiger partial charge < -0.3 is 19.5 Å². The predicted molar refractivity (Wildman–Crippen MR) is 132 cm³/mol. The summed E-state index contributed by atoms with van der Waals surface area (Å²) in [4.78, 5) is 41.7. The second-order valence-electron chi connectivity index (χ2n) is 8.31. The summed E-state index contributed by atoms with van der Waals surface area (Å²) in [6.45, 7) is 2.59. The molecule has 1 atom stereocenters. The zero-order valence-electron chi connectivity index (χ0n) is 19.4. The topological polar surface area (TPSA) is 117 Å². The highest BCUT2D eigenvalue weighted by Gasteiger charge is 2.40. The lowest BCUT2D eigenvalue weighted by molar-refractivity contribution is -0.132. The monoisotopic (exact) mass is 529 g/mol. The second-order valence-corrected chi connectivity index (χ2v) is 10.8. The molecule has 0 unspecified atom stereocenters. The van der Waals surface area contributed by atoms with Crippen LogP contribution in [0.3, 0.4) is 0 Å². The first-order valence-electron chi connectivity index (χ1n) is 11.2. The van der Waals surface area contributed by atoms with E-state index < -0.39 is 27.0 Å². The van der Waals surface area contributed by atoms with Crippen LogP contribution in [-0.2, 0) is 14.6 Å². The number of rotatable bonds is 6. The molecule has 3 amide bonds. The fourth-order valence-electron chi connectivity index (χ4n) is 3.80. The number of furan rings is 1. The fraction of sp³-hybridized carbons (Fsp3) is 0.240. The molecule has 1 saturated heterocycles. The van der Waals surface area contributed by atoms with Gasteiger partial charge in [-0.1, -0.05) is 29.3 Å². The summed E-state index contributed by atoms with van der Waals surface area (Å²) in [5.74, 6) is -1.94. The van der Waals surface area contributed by atoms with E-state index in [-0.39, 0.29) is 42.7 Å². The van der Waals surface area contributed by atoms with Gasteiger partial charge in [0.05, 0.1) is 11.2 Å². The molecular formula is C25H24ClN3O6S. The number of halogens is 1. The van der Waals surface area contributed by atoms with E-state index in [1.54, 1.807) is 17.0 Å². The molecule has 1 aromatic heterocycles. The van der Waals surface area contributed by atoms with Crippen molar-refractivity contribution in [1.29, 1.82) is 0 Å². The number of hydrogen-bond acceptors (Lipinski definition) is 6. The average Bonchev–Trinajstić information content (AvgIpc) is 3.42. The van der Waals surface area contributed by atoms with Gasteiger partial charge in [0.15, 0.2) is 5.76 Å². The number of benzene rings is 2. The van der Waals surface area contributed by atoms with E-state index in [2.05, 4.69) is 5.32 Å². The average molecular weight is 530 g/mol. The Hall–Kier alpha value is -3.63. The SMILES string of the molecule is Cc1ccc(C(=O)N2CCN(C(=O)[C@H](NC(=O)c3ccco3)S(=O)(=O)c3ccc(Cl)cc3)CC2)cc1. The highest BCUT2D eigenvalue weighted by atomic mass is 35.5. The van der Waals surface area contributed by atoms with E-state index >= 15 is 0 Å². The maximum atomic E-state index is 13.4. The van der Waals surface area contributed by atoms with Gasteiger partial charge >= 0.3 is 0 Å². The van der Waals surface area contributed by atoms with E-state index in [4.69, 9.17) is 16.0 Å². The first kappa shape index (κ1) is 25.5. The van der Waals surface area contributed by atoms with Crippen LogP contribution >= 0.6 is 11.6 Å². The summed E-state index contributed by atoms with van der Waals surface area (Å²) in [6.07, 6.45) is 1.27. The molecule has 0 radical (unpaired) electrons. The maximum absolute atomic E-state index is 13.4. The predicted octanol–water partition coefficient (Wildman–Crippen LogP) is 2.76. The Morgan fingerprint density at radius 1 is 0.917 bits per heavy atom. The number of nitrogens with one attached hydrogen (secondary N) is 1. The molecule has 4 rings (SSSR count). The van der Waals surface area contributed by atoms with Gasteiger partial charge in [-0.3, -0.25) is 14.4 Å². The molecular weight excluding hydrogens is 506 g/mol. The number of carbonyl (C=O) groups excluding carboxylic acids is 3. The number of sulfone groups is 1. The number of hydrogen-bond donors (Lipinski definition) is 1. The van der Waals surface area contributed by atoms with Crippen LogP contribution in [0.15, 0.2) is 76.2 Å². The van der Waals surface area contributed by atoms with E-state index in [0.29, 0.717) is 10.6 Å². The minimum Gasteiger partial charge on any atom is -0.459 e. The Balaban J connectivity index is 1.53. The van der Waals surface area contributed by atoms with Crippen LogP contribution in [0.1, 0.15) is 26.5 Å². The number of carbonyl (C=O) groups is 3. The molecule has 0 aliphatic carbocycles. The van der Waals surface area contributed by atoms with Crippen molar-refractivity contribution in [3.05, 3.63) is 88.8 Å². The van der Waals surface area contributed by atoms with Gasteiger partial charge in [-0.2, -0.15) is 0 Å². The molecule has 1 N–H and O–H groups in total. The van der Waals surface area contributed by atoms with E-state index in [0.717, 1.165) is 5.56 Å². The Morgan fingerprint density at radius 2 is 1.53 bits per heavy atom. The molecule has 1 fully saturated rings. The molecule has 3 aromatic rings. The lowest BCUT2D eigenvalue weighted by atomic mass is 10.1. The molecule has 0 bridgehead atoms. The van der Waals surface area contributed by atoms with Gasteiger partial charge in [-0.25, -0.2) is 8.42 Å². The minimum atomic E-state index is -4.33. The Morgan fingerprint density at radius 3 is 2.11 bits per heavy atom. The third-order valence-electron chi connectivity index (χ3n) is 5.86. The molecule has 0 saturated carbocycles. The lowest BCUT2D eigenvalue weighted by Crippen LogP contribution is -2.57. The van der Waals surface area contributed by atoms with Gasteiger partial charge in [0.25, 0.3) is 17.7 Å². The summed E-state index contributed by atoms with van der Waals surface area (Å²) in [5, 5.41) is 0.741. The second kappa shape index (κ2) is 10.5. The minimum absolute atomic E-state index is 0.111. The van der Waals surface area contributed by atoms with Crippen molar-refractivity contribution >= 4 is 39.2 Å². The third kappa shape index (κ3) is 5.44. The van der Waals surface area contributed by atoms with Crippen LogP contribution in [0.2, 0.25) is 5.02 Å². The van der Waals surface area contributed by atoms with E-state index in [1.165, 1.54) is 47.6 Å². The normalized spacial score (nSPS) is 14.8. The van der Waals surface area contributed by atoms with Crippen molar-refractivity contribution in [2.45, 2.75) is 17.2 Å². The number of aryl methyl sites for hydroxylation is 1. The summed E-state index contributed by atoms with van der Waals surface area (Å²) >= 11 is 5.88. The number of nitrogens with zero attached hydrogens (tertiary/aromatic N) is 2. The van der Waals surface area contributed by atoms with Crippen molar-refractivity contribution in [2.24, 2.45) is 0 Å². The maximum Gasteiger partial charge on any atom is 0.288 e. The quantitative estimate of drug-likeness (QED) is 0.525. The first-order chi connectivity index (χ1) is 17.2. The number of amides is 3. The van der Waals surface area contributed by atoms with Crippen molar-refractivity contribution in [1.82, 2.24) is 15.1 Å². The van der Waals surface area contributed by atoms with Crippen LogP contribution in [0.25, 0.3) is 0 Å². The van der Waals surface area contributed by atoms with Crippen molar-refractivity contribution in [3.8, 4) is 0 Å². The summed E-state index contributed by atoms with van der Waals surface area (Å²) in [7, 11) is -4.33. The molecule has 2 heterocycles. The van der Waals surface area contributed by atoms with Crippen molar-refractivity contribution in [2.75, 3.05) is 26.2 Å². The van der Waals surface area contributed by atoms with Gasteiger partial charge in [-0.05, 0) is 55.5 Å². The zero-order chi connectivity index (χ0) is 25.9. The standard InChI is InChI=1S/C25H24ClN3O6S/c1-17-4-6-18(7-5-17)24(31)28-12-14-29(15-13-28)25(32)23(27-22(30)21-3-2-16-35-21)36(33,34)20-10-8-19(26)9-11-20/h2-11,16,23H,12-15H2,1H3,(H,27,30)/t23-/m1/s1. The largest absolute Gasteiger partial charge is 0.459 e. The van der Waals surface area contributed by atoms with Crippen molar-refractivity contribution < 1.29 is 27.2 Å². The van der Waals surface area contributed by atoms with E-state index in [1.807, 2.05) is 19.1 Å². The van der Waals surface area contributed by atoms with Gasteiger partial charge in [0.1, 0.15) is 0 Å². The molecule has 2 aromatic carbocycles. The van der Waals surface area contributed by atoms with Gasteiger partial charge in [-0.15, -0.1) is 0 Å². The lowest BCUT2D eigenvalue weighted by Gasteiger charge is -2.36. The first-order valence-corrected chi connectivity index (χ1v) is 13.1. The molecule has 0 spiro atoms. The van der Waals surface area contributed by atoms with Crippen LogP contribution in [0.4, 0.5) is 0 Å². The molecule has 9 nitrogen and oxygen atoms in total. The Bertz CT molecular complexity index is 1350. The molecule has 1 aliphatic heterocycles. The zero-order valence-corrected chi connectivity index (χ0v) is 21.0. The summed E-state index contributed by atoms with van der Waals surface area (Å²) in [5.41, 5.74) is 1.57. The fourth-order valence-corrected chi connectivity index (χ4v) is 5.40. The molecule has 188 valence electrons. The van der Waals surface area contributed by atoms with Crippen LogP contribution in [0, 0.1) is 6.92 Å². The highest BCUT2D eigenvalue weighted by Crippen LogP contribution is 2.21. The summed E-state index contributed by atoms with van der Waals surface area (Å²) in [6, 6.07) is 15.3.